The molecule has 4 heteroatoms. The van der Waals surface area contributed by atoms with Gasteiger partial charge in [0.05, 0.1) is 5.92 Å². The molecule has 0 aliphatic heterocycles. The van der Waals surface area contributed by atoms with Crippen LogP contribution in [0.15, 0.2) is 48.5 Å². The van der Waals surface area contributed by atoms with Gasteiger partial charge in [0, 0.05) is 6.42 Å². The van der Waals surface area contributed by atoms with Crippen LogP contribution in [-0.2, 0) is 9.59 Å². The number of amides is 1. The maximum Gasteiger partial charge on any atom is 0.327 e. The lowest BCUT2D eigenvalue weighted by Crippen LogP contribution is -2.42. The van der Waals surface area contributed by atoms with Crippen LogP contribution >= 0.6 is 0 Å². The van der Waals surface area contributed by atoms with Crippen molar-refractivity contribution in [2.45, 2.75) is 18.4 Å². The highest BCUT2D eigenvalue weighted by Crippen LogP contribution is 2.44. The largest absolute Gasteiger partial charge is 0.480 e. The number of hydrogen-bond donors (Lipinski definition) is 2. The summed E-state index contributed by atoms with van der Waals surface area (Å²) in [6.07, 6.45) is 5.14. The first-order valence-corrected chi connectivity index (χ1v) is 7.28. The molecule has 4 nitrogen and oxygen atoms in total. The van der Waals surface area contributed by atoms with Gasteiger partial charge in [0.2, 0.25) is 5.91 Å². The van der Waals surface area contributed by atoms with Gasteiger partial charge in [-0.05, 0) is 22.3 Å². The van der Waals surface area contributed by atoms with E-state index in [0.29, 0.717) is 0 Å². The minimum absolute atomic E-state index is 0.0446. The fraction of sp³-hybridized carbons (Fsp3) is 0.158. The molecule has 0 radical (unpaired) electrons. The first-order valence-electron chi connectivity index (χ1n) is 7.28. The third-order valence-corrected chi connectivity index (χ3v) is 4.03. The van der Waals surface area contributed by atoms with E-state index in [4.69, 9.17) is 6.42 Å². The van der Waals surface area contributed by atoms with Gasteiger partial charge >= 0.3 is 5.97 Å². The van der Waals surface area contributed by atoms with E-state index in [2.05, 4.69) is 11.2 Å². The van der Waals surface area contributed by atoms with Crippen LogP contribution in [0.4, 0.5) is 0 Å². The van der Waals surface area contributed by atoms with E-state index in [1.165, 1.54) is 0 Å². The molecule has 2 aromatic carbocycles. The summed E-state index contributed by atoms with van der Waals surface area (Å²) in [5, 5.41) is 11.7. The Labute approximate surface area is 134 Å². The summed E-state index contributed by atoms with van der Waals surface area (Å²) in [6, 6.07) is 14.3. The van der Waals surface area contributed by atoms with E-state index >= 15 is 0 Å². The van der Waals surface area contributed by atoms with Gasteiger partial charge in [-0.3, -0.25) is 4.79 Å². The van der Waals surface area contributed by atoms with Gasteiger partial charge in [0.1, 0.15) is 6.04 Å². The molecule has 1 aliphatic rings. The van der Waals surface area contributed by atoms with Crippen LogP contribution in [-0.4, -0.2) is 23.0 Å². The summed E-state index contributed by atoms with van der Waals surface area (Å²) < 4.78 is 0. The zero-order chi connectivity index (χ0) is 16.4. The van der Waals surface area contributed by atoms with Crippen LogP contribution in [0.1, 0.15) is 23.5 Å². The second-order valence-electron chi connectivity index (χ2n) is 5.42. The predicted molar refractivity (Wildman–Crippen MR) is 86.7 cm³/mol. The van der Waals surface area contributed by atoms with E-state index in [1.807, 2.05) is 48.5 Å². The number of aliphatic carboxylic acids is 1. The molecule has 1 amide bonds. The minimum Gasteiger partial charge on any atom is -0.480 e. The number of rotatable bonds is 4. The molecule has 1 aliphatic carbocycles. The number of carbonyl (C=O) groups is 2. The molecule has 2 aromatic rings. The lowest BCUT2D eigenvalue weighted by atomic mass is 9.95. The second kappa shape index (κ2) is 5.98. The van der Waals surface area contributed by atoms with E-state index in [0.717, 1.165) is 22.3 Å². The maximum absolute atomic E-state index is 12.7. The van der Waals surface area contributed by atoms with Crippen molar-refractivity contribution in [1.29, 1.82) is 0 Å². The van der Waals surface area contributed by atoms with E-state index in [1.54, 1.807) is 0 Å². The molecule has 1 atom stereocenters. The van der Waals surface area contributed by atoms with Crippen molar-refractivity contribution >= 4 is 11.9 Å². The molecule has 0 unspecified atom stereocenters. The van der Waals surface area contributed by atoms with Crippen molar-refractivity contribution in [3.05, 3.63) is 59.7 Å². The molecule has 0 aromatic heterocycles. The number of terminal acetylenes is 1. The number of carboxylic acid groups (broad SMARTS) is 1. The molecule has 2 N–H and O–H groups in total. The van der Waals surface area contributed by atoms with Crippen LogP contribution < -0.4 is 5.32 Å². The Morgan fingerprint density at radius 1 is 1.09 bits per heavy atom. The quantitative estimate of drug-likeness (QED) is 0.852. The zero-order valence-electron chi connectivity index (χ0n) is 12.3. The van der Waals surface area contributed by atoms with Crippen molar-refractivity contribution < 1.29 is 14.7 Å². The van der Waals surface area contributed by atoms with Crippen molar-refractivity contribution in [2.75, 3.05) is 0 Å². The number of carboxylic acids is 1. The molecule has 3 rings (SSSR count). The van der Waals surface area contributed by atoms with Gasteiger partial charge in [0.25, 0.3) is 0 Å². The normalized spacial score (nSPS) is 13.5. The van der Waals surface area contributed by atoms with Crippen LogP contribution in [0.25, 0.3) is 11.1 Å². The summed E-state index contributed by atoms with van der Waals surface area (Å²) in [5.41, 5.74) is 3.78. The smallest absolute Gasteiger partial charge is 0.327 e. The number of fused-ring (bicyclic) bond motifs is 3. The van der Waals surface area contributed by atoms with Crippen molar-refractivity contribution in [2.24, 2.45) is 0 Å². The summed E-state index contributed by atoms with van der Waals surface area (Å²) in [6.45, 7) is 0. The molecular formula is C19H15NO3. The zero-order valence-corrected chi connectivity index (χ0v) is 12.3. The molecule has 0 spiro atoms. The Morgan fingerprint density at radius 3 is 2.09 bits per heavy atom. The standard InChI is InChI=1S/C19H15NO3/c1-2-7-16(19(22)23)20-18(21)17-14-10-5-3-8-12(14)13-9-4-6-11-15(13)17/h1,3-6,8-11,16-17H,7H2,(H,20,21)(H,22,23)/t16-/m0/s1. The van der Waals surface area contributed by atoms with Gasteiger partial charge < -0.3 is 10.4 Å². The summed E-state index contributed by atoms with van der Waals surface area (Å²) in [5.74, 6) is 0.304. The number of benzene rings is 2. The van der Waals surface area contributed by atoms with Gasteiger partial charge in [-0.25, -0.2) is 4.79 Å². The fourth-order valence-electron chi connectivity index (χ4n) is 3.01. The van der Waals surface area contributed by atoms with Crippen LogP contribution in [0.2, 0.25) is 0 Å². The van der Waals surface area contributed by atoms with Gasteiger partial charge in [-0.2, -0.15) is 0 Å². The third-order valence-electron chi connectivity index (χ3n) is 4.03. The Bertz CT molecular complexity index is 774. The Morgan fingerprint density at radius 2 is 1.61 bits per heavy atom. The van der Waals surface area contributed by atoms with Crippen molar-refractivity contribution in [3.8, 4) is 23.5 Å². The number of nitrogens with one attached hydrogen (secondary N) is 1. The third kappa shape index (κ3) is 2.58. The highest BCUT2D eigenvalue weighted by Gasteiger charge is 2.34. The van der Waals surface area contributed by atoms with Crippen LogP contribution in [0, 0.1) is 12.3 Å². The molecular weight excluding hydrogens is 290 g/mol. The van der Waals surface area contributed by atoms with Gasteiger partial charge in [-0.1, -0.05) is 48.5 Å². The first-order chi connectivity index (χ1) is 11.1. The predicted octanol–water partition coefficient (Wildman–Crippen LogP) is 2.39. The molecule has 114 valence electrons. The minimum atomic E-state index is -1.13. The number of hydrogen-bond acceptors (Lipinski definition) is 2. The summed E-state index contributed by atoms with van der Waals surface area (Å²) in [4.78, 5) is 23.9. The van der Waals surface area contributed by atoms with Gasteiger partial charge in [0.15, 0.2) is 0 Å². The molecule has 0 heterocycles. The molecule has 0 bridgehead atoms. The fourth-order valence-corrected chi connectivity index (χ4v) is 3.01. The van der Waals surface area contributed by atoms with Crippen LogP contribution in [0.3, 0.4) is 0 Å². The summed E-state index contributed by atoms with van der Waals surface area (Å²) in [7, 11) is 0. The lowest BCUT2D eigenvalue weighted by molar-refractivity contribution is -0.141. The van der Waals surface area contributed by atoms with E-state index in [-0.39, 0.29) is 12.3 Å². The van der Waals surface area contributed by atoms with E-state index in [9.17, 15) is 14.7 Å². The highest BCUT2D eigenvalue weighted by atomic mass is 16.4. The van der Waals surface area contributed by atoms with Gasteiger partial charge in [-0.15, -0.1) is 12.3 Å². The lowest BCUT2D eigenvalue weighted by Gasteiger charge is -2.17. The average Bonchev–Trinajstić information content (AvgIpc) is 2.89. The first kappa shape index (κ1) is 14.9. The average molecular weight is 305 g/mol. The topological polar surface area (TPSA) is 66.4 Å². The van der Waals surface area contributed by atoms with Crippen molar-refractivity contribution in [3.63, 3.8) is 0 Å². The Kier molecular flexibility index (Phi) is 3.86. The molecule has 0 saturated carbocycles. The molecule has 23 heavy (non-hydrogen) atoms. The Balaban J connectivity index is 1.98. The Hall–Kier alpha value is -3.06. The molecule has 0 saturated heterocycles. The van der Waals surface area contributed by atoms with Crippen LogP contribution in [0.5, 0.6) is 0 Å². The SMILES string of the molecule is C#CC[C@H](NC(=O)C1c2ccccc2-c2ccccc21)C(=O)O. The molecule has 0 fully saturated rings. The second-order valence-corrected chi connectivity index (χ2v) is 5.42. The highest BCUT2D eigenvalue weighted by molar-refractivity contribution is 5.97. The van der Waals surface area contributed by atoms with E-state index < -0.39 is 17.9 Å². The monoisotopic (exact) mass is 305 g/mol. The number of carbonyl (C=O) groups excluding carboxylic acids is 1. The van der Waals surface area contributed by atoms with Crippen molar-refractivity contribution in [1.82, 2.24) is 5.32 Å². The maximum atomic E-state index is 12.7. The summed E-state index contributed by atoms with van der Waals surface area (Å²) >= 11 is 0.